The number of nitrogens with two attached hydrogens (primary N) is 1. The molecule has 0 atom stereocenters. The molecule has 0 unspecified atom stereocenters. The third-order valence-corrected chi connectivity index (χ3v) is 2.60. The monoisotopic (exact) mass is 210 g/mol. The summed E-state index contributed by atoms with van der Waals surface area (Å²) in [6.45, 7) is 0.741. The molecule has 14 heavy (non-hydrogen) atoms. The summed E-state index contributed by atoms with van der Waals surface area (Å²) < 4.78 is 8.88. The van der Waals surface area contributed by atoms with Crippen LogP contribution in [0.2, 0.25) is 0 Å². The maximum Gasteiger partial charge on any atom is 0.233 e. The molecule has 0 aliphatic rings. The molecule has 0 aliphatic carbocycles. The van der Waals surface area contributed by atoms with E-state index in [-0.39, 0.29) is 0 Å². The van der Waals surface area contributed by atoms with Crippen molar-refractivity contribution in [3.63, 3.8) is 0 Å². The molecular weight excluding hydrogens is 200 g/mol. The molecule has 2 heterocycles. The first-order valence-corrected chi connectivity index (χ1v) is 4.84. The standard InChI is InChI=1S/C8H10N4OS/c1-12(4-6-2-3-13-5-6)8-10-7(9)11-14-8/h2-3,5H,4H2,1H3,(H2,9,11). The highest BCUT2D eigenvalue weighted by molar-refractivity contribution is 7.09. The predicted octanol–water partition coefficient (Wildman–Crippen LogP) is 1.35. The zero-order chi connectivity index (χ0) is 9.97. The first-order chi connectivity index (χ1) is 6.75. The van der Waals surface area contributed by atoms with Crippen LogP contribution in [0, 0.1) is 0 Å². The van der Waals surface area contributed by atoms with Crippen LogP contribution in [0.4, 0.5) is 11.1 Å². The Hall–Kier alpha value is -1.56. The molecule has 0 aromatic carbocycles. The summed E-state index contributed by atoms with van der Waals surface area (Å²) in [6, 6.07) is 1.92. The Morgan fingerprint density at radius 1 is 1.64 bits per heavy atom. The quantitative estimate of drug-likeness (QED) is 0.828. The molecule has 0 amide bonds. The second kappa shape index (κ2) is 3.67. The van der Waals surface area contributed by atoms with E-state index in [1.54, 1.807) is 12.5 Å². The lowest BCUT2D eigenvalue weighted by molar-refractivity contribution is 0.563. The number of rotatable bonds is 3. The molecule has 0 saturated heterocycles. The third kappa shape index (κ3) is 1.85. The summed E-state index contributed by atoms with van der Waals surface area (Å²) >= 11 is 1.29. The van der Waals surface area contributed by atoms with Gasteiger partial charge in [-0.25, -0.2) is 0 Å². The van der Waals surface area contributed by atoms with Crippen LogP contribution in [0.15, 0.2) is 23.0 Å². The van der Waals surface area contributed by atoms with E-state index >= 15 is 0 Å². The van der Waals surface area contributed by atoms with Crippen LogP contribution in [0.25, 0.3) is 0 Å². The number of hydrogen-bond acceptors (Lipinski definition) is 6. The van der Waals surface area contributed by atoms with Crippen molar-refractivity contribution in [2.75, 3.05) is 17.7 Å². The topological polar surface area (TPSA) is 68.2 Å². The van der Waals surface area contributed by atoms with Crippen LogP contribution in [0.5, 0.6) is 0 Å². The molecule has 0 aliphatic heterocycles. The van der Waals surface area contributed by atoms with Crippen molar-refractivity contribution < 1.29 is 4.42 Å². The largest absolute Gasteiger partial charge is 0.472 e. The van der Waals surface area contributed by atoms with E-state index in [1.807, 2.05) is 18.0 Å². The first-order valence-electron chi connectivity index (χ1n) is 4.07. The highest BCUT2D eigenvalue weighted by Gasteiger charge is 2.07. The summed E-state index contributed by atoms with van der Waals surface area (Å²) in [6.07, 6.45) is 3.36. The number of furan rings is 1. The van der Waals surface area contributed by atoms with Gasteiger partial charge in [-0.1, -0.05) is 0 Å². The van der Waals surface area contributed by atoms with Gasteiger partial charge in [-0.2, -0.15) is 9.36 Å². The van der Waals surface area contributed by atoms with Crippen LogP contribution >= 0.6 is 11.5 Å². The summed E-state index contributed by atoms with van der Waals surface area (Å²) in [7, 11) is 1.94. The van der Waals surface area contributed by atoms with E-state index in [4.69, 9.17) is 10.2 Å². The van der Waals surface area contributed by atoms with Gasteiger partial charge in [0.05, 0.1) is 12.5 Å². The number of hydrogen-bond donors (Lipinski definition) is 1. The van der Waals surface area contributed by atoms with Crippen LogP contribution < -0.4 is 10.6 Å². The Bertz CT molecular complexity index is 397. The van der Waals surface area contributed by atoms with E-state index < -0.39 is 0 Å². The summed E-state index contributed by atoms with van der Waals surface area (Å²) in [5.41, 5.74) is 6.53. The third-order valence-electron chi connectivity index (χ3n) is 1.76. The van der Waals surface area contributed by atoms with Gasteiger partial charge in [0, 0.05) is 30.7 Å². The molecule has 2 aromatic heterocycles. The van der Waals surface area contributed by atoms with Crippen molar-refractivity contribution in [3.05, 3.63) is 24.2 Å². The van der Waals surface area contributed by atoms with Gasteiger partial charge >= 0.3 is 0 Å². The van der Waals surface area contributed by atoms with Gasteiger partial charge < -0.3 is 15.1 Å². The van der Waals surface area contributed by atoms with E-state index in [2.05, 4.69) is 9.36 Å². The zero-order valence-electron chi connectivity index (χ0n) is 7.67. The van der Waals surface area contributed by atoms with Crippen molar-refractivity contribution in [2.24, 2.45) is 0 Å². The number of anilines is 2. The molecule has 0 spiro atoms. The molecule has 0 fully saturated rings. The molecule has 2 N–H and O–H groups in total. The molecule has 5 nitrogen and oxygen atoms in total. The van der Waals surface area contributed by atoms with Gasteiger partial charge in [-0.05, 0) is 6.07 Å². The van der Waals surface area contributed by atoms with Gasteiger partial charge in [0.2, 0.25) is 11.1 Å². The summed E-state index contributed by atoms with van der Waals surface area (Å²) in [5.74, 6) is 0.323. The van der Waals surface area contributed by atoms with E-state index in [0.29, 0.717) is 5.95 Å². The Balaban J connectivity index is 2.06. The minimum absolute atomic E-state index is 0.323. The Morgan fingerprint density at radius 2 is 2.50 bits per heavy atom. The molecule has 74 valence electrons. The summed E-state index contributed by atoms with van der Waals surface area (Å²) in [5, 5.41) is 0.809. The van der Waals surface area contributed by atoms with Crippen LogP contribution in [0.1, 0.15) is 5.56 Å². The minimum Gasteiger partial charge on any atom is -0.472 e. The molecule has 2 rings (SSSR count). The fourth-order valence-corrected chi connectivity index (χ4v) is 1.66. The predicted molar refractivity (Wildman–Crippen MR) is 55.1 cm³/mol. The average Bonchev–Trinajstić information content (AvgIpc) is 2.75. The normalized spacial score (nSPS) is 10.4. The zero-order valence-corrected chi connectivity index (χ0v) is 8.49. The molecule has 2 aromatic rings. The Kier molecular flexibility index (Phi) is 2.36. The van der Waals surface area contributed by atoms with Crippen molar-refractivity contribution in [2.45, 2.75) is 6.54 Å². The molecule has 0 radical (unpaired) electrons. The highest BCUT2D eigenvalue weighted by Crippen LogP contribution is 2.18. The molecule has 0 bridgehead atoms. The second-order valence-corrected chi connectivity index (χ2v) is 3.65. The van der Waals surface area contributed by atoms with Crippen LogP contribution in [-0.4, -0.2) is 16.4 Å². The lowest BCUT2D eigenvalue weighted by atomic mass is 10.3. The fraction of sp³-hybridized carbons (Fsp3) is 0.250. The second-order valence-electron chi connectivity index (χ2n) is 2.92. The van der Waals surface area contributed by atoms with E-state index in [9.17, 15) is 0 Å². The maximum atomic E-state index is 5.43. The number of nitrogens with zero attached hydrogens (tertiary/aromatic N) is 3. The van der Waals surface area contributed by atoms with Gasteiger partial charge in [-0.15, -0.1) is 0 Å². The molecule has 6 heteroatoms. The Labute approximate surface area is 85.3 Å². The van der Waals surface area contributed by atoms with Gasteiger partial charge in [0.1, 0.15) is 0 Å². The lowest BCUT2D eigenvalue weighted by Gasteiger charge is -2.12. The highest BCUT2D eigenvalue weighted by atomic mass is 32.1. The van der Waals surface area contributed by atoms with Gasteiger partial charge in [-0.3, -0.25) is 0 Å². The Morgan fingerprint density at radius 3 is 3.07 bits per heavy atom. The average molecular weight is 210 g/mol. The van der Waals surface area contributed by atoms with Crippen LogP contribution in [-0.2, 0) is 6.54 Å². The smallest absolute Gasteiger partial charge is 0.233 e. The maximum absolute atomic E-state index is 5.43. The van der Waals surface area contributed by atoms with E-state index in [1.165, 1.54) is 11.5 Å². The van der Waals surface area contributed by atoms with Crippen LogP contribution in [0.3, 0.4) is 0 Å². The van der Waals surface area contributed by atoms with Gasteiger partial charge in [0.15, 0.2) is 0 Å². The fourth-order valence-electron chi connectivity index (χ4n) is 1.11. The summed E-state index contributed by atoms with van der Waals surface area (Å²) in [4.78, 5) is 6.04. The minimum atomic E-state index is 0.323. The van der Waals surface area contributed by atoms with Gasteiger partial charge in [0.25, 0.3) is 0 Å². The molecule has 0 saturated carbocycles. The lowest BCUT2D eigenvalue weighted by Crippen LogP contribution is -2.15. The van der Waals surface area contributed by atoms with Crippen molar-refractivity contribution in [1.29, 1.82) is 0 Å². The first kappa shape index (κ1) is 9.01. The van der Waals surface area contributed by atoms with E-state index in [0.717, 1.165) is 17.2 Å². The number of nitrogen functional groups attached to an aromatic ring is 1. The van der Waals surface area contributed by atoms with Crippen molar-refractivity contribution >= 4 is 22.6 Å². The number of aromatic nitrogens is 2. The van der Waals surface area contributed by atoms with Crippen molar-refractivity contribution in [1.82, 2.24) is 9.36 Å². The molecular formula is C8H10N4OS. The van der Waals surface area contributed by atoms with Crippen molar-refractivity contribution in [3.8, 4) is 0 Å². The SMILES string of the molecule is CN(Cc1ccoc1)c1nc(N)ns1.